The van der Waals surface area contributed by atoms with Crippen molar-refractivity contribution in [2.75, 3.05) is 6.61 Å². The highest BCUT2D eigenvalue weighted by molar-refractivity contribution is 9.10. The average Bonchev–Trinajstić information content (AvgIpc) is 2.62. The van der Waals surface area contributed by atoms with E-state index < -0.39 is 10.5 Å². The monoisotopic (exact) mass is 315 g/mol. The molecule has 2 rings (SSSR count). The van der Waals surface area contributed by atoms with E-state index in [-0.39, 0.29) is 5.30 Å². The number of fused-ring (bicyclic) bond motifs is 1. The average molecular weight is 316 g/mol. The Labute approximate surface area is 110 Å². The Morgan fingerprint density at radius 3 is 2.82 bits per heavy atom. The lowest BCUT2D eigenvalue weighted by Crippen LogP contribution is -1.97. The molecular formula is C11H12BrN2O2S+. The molecule has 2 aromatic rings. The van der Waals surface area contributed by atoms with Crippen LogP contribution in [0.2, 0.25) is 0 Å². The summed E-state index contributed by atoms with van der Waals surface area (Å²) in [5, 5.41) is 10.8. The molecule has 0 fully saturated rings. The number of nitrogens with zero attached hydrogens (tertiary/aromatic N) is 2. The van der Waals surface area contributed by atoms with Crippen LogP contribution in [0.25, 0.3) is 10.2 Å². The maximum Gasteiger partial charge on any atom is 0.556 e. The van der Waals surface area contributed by atoms with E-state index in [1.807, 2.05) is 19.2 Å². The Morgan fingerprint density at radius 2 is 2.18 bits per heavy atom. The fourth-order valence-corrected chi connectivity index (χ4v) is 4.27. The van der Waals surface area contributed by atoms with Crippen molar-refractivity contribution >= 4 is 41.9 Å². The van der Waals surface area contributed by atoms with Crippen molar-refractivity contribution in [3.05, 3.63) is 21.1 Å². The summed E-state index contributed by atoms with van der Waals surface area (Å²) in [6.07, 6.45) is 0. The summed E-state index contributed by atoms with van der Waals surface area (Å²) in [6.45, 7) is 6.06. The third kappa shape index (κ3) is 2.07. The van der Waals surface area contributed by atoms with Crippen LogP contribution in [0.15, 0.2) is 9.85 Å². The van der Waals surface area contributed by atoms with Crippen LogP contribution in [0.4, 0.5) is 4.79 Å². The molecule has 0 saturated heterocycles. The molecule has 17 heavy (non-hydrogen) atoms. The van der Waals surface area contributed by atoms with Crippen LogP contribution < -0.4 is 0 Å². The van der Waals surface area contributed by atoms with Crippen LogP contribution in [0.1, 0.15) is 18.2 Å². The SMILES string of the molecule is CCOC(=O)[s+]1cc(Br)c2c(C)c(C)nnc21. The number of carbonyl (C=O) groups excluding carboxylic acids is 1. The molecule has 2 heterocycles. The van der Waals surface area contributed by atoms with Crippen molar-refractivity contribution in [2.24, 2.45) is 0 Å². The molecule has 0 bridgehead atoms. The molecule has 0 aliphatic rings. The fourth-order valence-electron chi connectivity index (χ4n) is 1.55. The smallest absolute Gasteiger partial charge is 0.422 e. The normalized spacial score (nSPS) is 11.9. The van der Waals surface area contributed by atoms with Crippen molar-refractivity contribution in [3.8, 4) is 0 Å². The van der Waals surface area contributed by atoms with Gasteiger partial charge in [0.2, 0.25) is 0 Å². The summed E-state index contributed by atoms with van der Waals surface area (Å²) in [4.78, 5) is 12.5. The van der Waals surface area contributed by atoms with Crippen molar-refractivity contribution < 1.29 is 9.53 Å². The van der Waals surface area contributed by atoms with Crippen molar-refractivity contribution in [1.29, 1.82) is 0 Å². The summed E-state index contributed by atoms with van der Waals surface area (Å²) in [5.41, 5.74) is 1.93. The van der Waals surface area contributed by atoms with Gasteiger partial charge in [-0.1, -0.05) is 5.10 Å². The third-order valence-electron chi connectivity index (χ3n) is 2.53. The number of hydrogen-bond donors (Lipinski definition) is 0. The summed E-state index contributed by atoms with van der Waals surface area (Å²) in [7, 11) is -0.739. The zero-order valence-corrected chi connectivity index (χ0v) is 12.2. The van der Waals surface area contributed by atoms with E-state index in [9.17, 15) is 4.79 Å². The molecule has 0 saturated carbocycles. The van der Waals surface area contributed by atoms with Gasteiger partial charge in [-0.15, -0.1) is 0 Å². The summed E-state index contributed by atoms with van der Waals surface area (Å²) in [6, 6.07) is 0. The van der Waals surface area contributed by atoms with Gasteiger partial charge in [0.25, 0.3) is 0 Å². The number of thiophene rings is 1. The lowest BCUT2D eigenvalue weighted by molar-refractivity contribution is 0.180. The molecule has 0 aliphatic heterocycles. The minimum Gasteiger partial charge on any atom is -0.422 e. The van der Waals surface area contributed by atoms with Gasteiger partial charge in [0, 0.05) is 0 Å². The van der Waals surface area contributed by atoms with Gasteiger partial charge < -0.3 is 4.74 Å². The number of hydrogen-bond acceptors (Lipinski definition) is 4. The number of halogens is 1. The molecule has 0 aromatic carbocycles. The Kier molecular flexibility index (Phi) is 3.44. The first-order chi connectivity index (χ1) is 8.06. The Bertz CT molecular complexity index is 595. The lowest BCUT2D eigenvalue weighted by Gasteiger charge is -1.96. The van der Waals surface area contributed by atoms with Crippen molar-refractivity contribution in [1.82, 2.24) is 10.2 Å². The van der Waals surface area contributed by atoms with Gasteiger partial charge in [0.15, 0.2) is 5.38 Å². The Hall–Kier alpha value is -1.01. The Morgan fingerprint density at radius 1 is 1.47 bits per heavy atom. The van der Waals surface area contributed by atoms with Gasteiger partial charge in [-0.2, -0.15) is 9.89 Å². The second-order valence-electron chi connectivity index (χ2n) is 3.58. The van der Waals surface area contributed by atoms with Gasteiger partial charge in [-0.05, 0) is 42.3 Å². The topological polar surface area (TPSA) is 52.1 Å². The van der Waals surface area contributed by atoms with E-state index in [1.54, 1.807) is 6.92 Å². The first kappa shape index (κ1) is 12.4. The van der Waals surface area contributed by atoms with E-state index in [0.717, 1.165) is 21.1 Å². The highest BCUT2D eigenvalue weighted by Gasteiger charge is 2.29. The van der Waals surface area contributed by atoms with Crippen LogP contribution in [0.5, 0.6) is 0 Å². The molecule has 0 N–H and O–H groups in total. The van der Waals surface area contributed by atoms with Crippen LogP contribution in [0.3, 0.4) is 0 Å². The third-order valence-corrected chi connectivity index (χ3v) is 5.11. The van der Waals surface area contributed by atoms with Gasteiger partial charge in [0.05, 0.1) is 22.2 Å². The van der Waals surface area contributed by atoms with Crippen LogP contribution >= 0.6 is 26.4 Å². The van der Waals surface area contributed by atoms with Gasteiger partial charge >= 0.3 is 10.1 Å². The molecule has 1 atom stereocenters. The van der Waals surface area contributed by atoms with E-state index in [1.165, 1.54) is 0 Å². The van der Waals surface area contributed by atoms with Crippen molar-refractivity contribution in [3.63, 3.8) is 0 Å². The van der Waals surface area contributed by atoms with Crippen LogP contribution in [-0.2, 0) is 4.74 Å². The van der Waals surface area contributed by atoms with Crippen LogP contribution in [-0.4, -0.2) is 22.1 Å². The second kappa shape index (κ2) is 4.70. The molecule has 1 unspecified atom stereocenters. The molecule has 0 amide bonds. The predicted octanol–water partition coefficient (Wildman–Crippen LogP) is 3.76. The van der Waals surface area contributed by atoms with E-state index in [0.29, 0.717) is 11.4 Å². The predicted molar refractivity (Wildman–Crippen MR) is 71.6 cm³/mol. The molecule has 0 aliphatic carbocycles. The summed E-state index contributed by atoms with van der Waals surface area (Å²) < 4.78 is 5.94. The molecule has 6 heteroatoms. The number of aromatic nitrogens is 2. The molecule has 0 spiro atoms. The minimum absolute atomic E-state index is 0.249. The molecule has 2 aromatic heterocycles. The van der Waals surface area contributed by atoms with Crippen LogP contribution in [0, 0.1) is 13.8 Å². The van der Waals surface area contributed by atoms with Crippen molar-refractivity contribution in [2.45, 2.75) is 20.8 Å². The fraction of sp³-hybridized carbons (Fsp3) is 0.364. The summed E-state index contributed by atoms with van der Waals surface area (Å²) in [5.74, 6) is 0. The number of carbonyl (C=O) groups is 1. The van der Waals surface area contributed by atoms with E-state index in [2.05, 4.69) is 26.1 Å². The zero-order valence-electron chi connectivity index (χ0n) is 9.78. The summed E-state index contributed by atoms with van der Waals surface area (Å²) >= 11 is 3.47. The highest BCUT2D eigenvalue weighted by Crippen LogP contribution is 2.39. The van der Waals surface area contributed by atoms with Gasteiger partial charge in [-0.3, -0.25) is 0 Å². The van der Waals surface area contributed by atoms with Gasteiger partial charge in [-0.25, -0.2) is 0 Å². The standard InChI is InChI=1S/C11H12BrN2O2S/c1-4-16-11(15)17-5-8(12)9-6(2)7(3)13-14-10(9)17/h5H,4H2,1-3H3/q+1. The second-order valence-corrected chi connectivity index (χ2v) is 6.06. The highest BCUT2D eigenvalue weighted by atomic mass is 79.9. The molecule has 4 nitrogen and oxygen atoms in total. The molecule has 90 valence electrons. The van der Waals surface area contributed by atoms with E-state index in [4.69, 9.17) is 4.74 Å². The minimum atomic E-state index is -0.739. The Balaban J connectivity index is 2.68. The first-order valence-electron chi connectivity index (χ1n) is 5.17. The molecular weight excluding hydrogens is 304 g/mol. The number of ether oxygens (including phenoxy) is 1. The largest absolute Gasteiger partial charge is 0.556 e. The van der Waals surface area contributed by atoms with Gasteiger partial charge in [0.1, 0.15) is 10.5 Å². The maximum absolute atomic E-state index is 11.8. The maximum atomic E-state index is 11.8. The lowest BCUT2D eigenvalue weighted by atomic mass is 10.2. The zero-order chi connectivity index (χ0) is 12.6. The first-order valence-corrected chi connectivity index (χ1v) is 7.25. The van der Waals surface area contributed by atoms with E-state index >= 15 is 0 Å². The quantitative estimate of drug-likeness (QED) is 0.625. The number of aryl methyl sites for hydroxylation is 2. The molecule has 0 radical (unpaired) electrons. The number of rotatable bonds is 2.